The van der Waals surface area contributed by atoms with E-state index in [1.165, 1.54) is 18.9 Å². The first kappa shape index (κ1) is 11.9. The van der Waals surface area contributed by atoms with Crippen LogP contribution in [0.1, 0.15) is 25.3 Å². The van der Waals surface area contributed by atoms with Gasteiger partial charge in [-0.1, -0.05) is 28.9 Å². The first-order chi connectivity index (χ1) is 7.72. The Morgan fingerprint density at radius 2 is 2.06 bits per heavy atom. The summed E-state index contributed by atoms with van der Waals surface area (Å²) in [6.07, 6.45) is 2.41. The van der Waals surface area contributed by atoms with E-state index in [1.54, 1.807) is 6.07 Å². The Kier molecular flexibility index (Phi) is 3.85. The van der Waals surface area contributed by atoms with Gasteiger partial charge in [0.1, 0.15) is 5.82 Å². The van der Waals surface area contributed by atoms with Crippen LogP contribution in [0, 0.1) is 11.7 Å². The minimum atomic E-state index is -0.104. The zero-order chi connectivity index (χ0) is 11.5. The van der Waals surface area contributed by atoms with Crippen molar-refractivity contribution in [2.45, 2.75) is 25.1 Å². The Hall–Kier alpha value is -0.570. The van der Waals surface area contributed by atoms with Crippen LogP contribution in [0.5, 0.6) is 0 Å². The molecule has 2 rings (SSSR count). The number of hydrogen-bond donors (Lipinski definition) is 0. The molecule has 0 amide bonds. The average molecular weight is 286 g/mol. The van der Waals surface area contributed by atoms with Gasteiger partial charge in [0.05, 0.1) is 0 Å². The van der Waals surface area contributed by atoms with Crippen molar-refractivity contribution in [3.63, 3.8) is 0 Å². The highest BCUT2D eigenvalue weighted by Crippen LogP contribution is 2.29. The monoisotopic (exact) mass is 285 g/mol. The molecule has 1 aliphatic rings. The maximum atomic E-state index is 13.6. The Labute approximate surface area is 105 Å². The molecule has 0 N–H and O–H groups in total. The summed E-state index contributed by atoms with van der Waals surface area (Å²) in [5, 5.41) is 0.584. The second kappa shape index (κ2) is 5.17. The van der Waals surface area contributed by atoms with Gasteiger partial charge >= 0.3 is 0 Å². The standard InChI is InChI=1S/C13H17BrFN/c1-10-5-7-16(8-6-10)13-4-2-3-12(15)11(13)9-14/h2-4,10H,5-9H2,1H3. The SMILES string of the molecule is CC1CCN(c2cccc(F)c2CBr)CC1. The van der Waals surface area contributed by atoms with Crippen LogP contribution in [0.15, 0.2) is 18.2 Å². The number of hydrogen-bond acceptors (Lipinski definition) is 1. The number of alkyl halides is 1. The molecule has 0 atom stereocenters. The first-order valence-electron chi connectivity index (χ1n) is 5.80. The molecule has 0 aliphatic carbocycles. The quantitative estimate of drug-likeness (QED) is 0.744. The predicted octanol–water partition coefficient (Wildman–Crippen LogP) is 3.96. The summed E-state index contributed by atoms with van der Waals surface area (Å²) in [6, 6.07) is 5.36. The Morgan fingerprint density at radius 3 is 2.69 bits per heavy atom. The third-order valence-electron chi connectivity index (χ3n) is 3.35. The summed E-state index contributed by atoms with van der Waals surface area (Å²) >= 11 is 3.37. The number of rotatable bonds is 2. The maximum Gasteiger partial charge on any atom is 0.129 e. The zero-order valence-corrected chi connectivity index (χ0v) is 11.1. The van der Waals surface area contributed by atoms with E-state index in [0.29, 0.717) is 5.33 Å². The number of halogens is 2. The third-order valence-corrected chi connectivity index (χ3v) is 3.91. The molecule has 0 saturated carbocycles. The fourth-order valence-electron chi connectivity index (χ4n) is 2.23. The number of nitrogens with zero attached hydrogens (tertiary/aromatic N) is 1. The van der Waals surface area contributed by atoms with Gasteiger partial charge in [-0.25, -0.2) is 4.39 Å². The van der Waals surface area contributed by atoms with Crippen molar-refractivity contribution < 1.29 is 4.39 Å². The van der Waals surface area contributed by atoms with Gasteiger partial charge in [-0.05, 0) is 30.9 Å². The molecule has 16 heavy (non-hydrogen) atoms. The molecule has 0 spiro atoms. The number of piperidine rings is 1. The van der Waals surface area contributed by atoms with Gasteiger partial charge in [0.2, 0.25) is 0 Å². The Balaban J connectivity index is 2.23. The molecule has 1 nitrogen and oxygen atoms in total. The molecule has 1 aliphatic heterocycles. The lowest BCUT2D eigenvalue weighted by Crippen LogP contribution is -2.33. The number of benzene rings is 1. The molecular weight excluding hydrogens is 269 g/mol. The van der Waals surface area contributed by atoms with Crippen molar-refractivity contribution in [3.05, 3.63) is 29.6 Å². The molecule has 0 aromatic heterocycles. The number of anilines is 1. The minimum absolute atomic E-state index is 0.104. The summed E-state index contributed by atoms with van der Waals surface area (Å²) in [5.41, 5.74) is 1.85. The van der Waals surface area contributed by atoms with E-state index in [9.17, 15) is 4.39 Å². The van der Waals surface area contributed by atoms with Crippen LogP contribution in [0.4, 0.5) is 10.1 Å². The molecule has 0 radical (unpaired) electrons. The smallest absolute Gasteiger partial charge is 0.129 e. The summed E-state index contributed by atoms with van der Waals surface area (Å²) in [5.74, 6) is 0.699. The van der Waals surface area contributed by atoms with E-state index in [0.717, 1.165) is 30.3 Å². The van der Waals surface area contributed by atoms with Crippen molar-refractivity contribution in [3.8, 4) is 0 Å². The molecule has 0 unspecified atom stereocenters. The van der Waals surface area contributed by atoms with E-state index in [-0.39, 0.29) is 5.82 Å². The van der Waals surface area contributed by atoms with Crippen LogP contribution in [0.25, 0.3) is 0 Å². The minimum Gasteiger partial charge on any atom is -0.371 e. The summed E-state index contributed by atoms with van der Waals surface area (Å²) in [6.45, 7) is 4.38. The van der Waals surface area contributed by atoms with Crippen LogP contribution in [0.3, 0.4) is 0 Å². The van der Waals surface area contributed by atoms with Crippen LogP contribution >= 0.6 is 15.9 Å². The topological polar surface area (TPSA) is 3.24 Å². The highest BCUT2D eigenvalue weighted by atomic mass is 79.9. The highest BCUT2D eigenvalue weighted by molar-refractivity contribution is 9.08. The molecule has 3 heteroatoms. The van der Waals surface area contributed by atoms with E-state index in [2.05, 4.69) is 27.8 Å². The zero-order valence-electron chi connectivity index (χ0n) is 9.55. The van der Waals surface area contributed by atoms with Gasteiger partial charge in [-0.2, -0.15) is 0 Å². The molecule has 1 heterocycles. The predicted molar refractivity (Wildman–Crippen MR) is 69.6 cm³/mol. The van der Waals surface area contributed by atoms with Gasteiger partial charge in [0.25, 0.3) is 0 Å². The van der Waals surface area contributed by atoms with Crippen molar-refractivity contribution >= 4 is 21.6 Å². The first-order valence-corrected chi connectivity index (χ1v) is 6.93. The normalized spacial score (nSPS) is 17.8. The van der Waals surface area contributed by atoms with Crippen LogP contribution in [0.2, 0.25) is 0 Å². The molecule has 0 bridgehead atoms. The molecule has 88 valence electrons. The second-order valence-corrected chi connectivity index (χ2v) is 5.10. The van der Waals surface area contributed by atoms with Crippen LogP contribution in [-0.2, 0) is 5.33 Å². The van der Waals surface area contributed by atoms with Crippen molar-refractivity contribution in [2.75, 3.05) is 18.0 Å². The maximum absolute atomic E-state index is 13.6. The lowest BCUT2D eigenvalue weighted by Gasteiger charge is -2.33. The summed E-state index contributed by atoms with van der Waals surface area (Å²) in [4.78, 5) is 2.31. The van der Waals surface area contributed by atoms with E-state index < -0.39 is 0 Å². The summed E-state index contributed by atoms with van der Waals surface area (Å²) < 4.78 is 13.6. The third kappa shape index (κ3) is 2.40. The molecular formula is C13H17BrFN. The fourth-order valence-corrected chi connectivity index (χ4v) is 2.78. The van der Waals surface area contributed by atoms with Crippen LogP contribution in [-0.4, -0.2) is 13.1 Å². The van der Waals surface area contributed by atoms with Crippen molar-refractivity contribution in [1.29, 1.82) is 0 Å². The lowest BCUT2D eigenvalue weighted by molar-refractivity contribution is 0.437. The molecule has 1 saturated heterocycles. The summed E-state index contributed by atoms with van der Waals surface area (Å²) in [7, 11) is 0. The van der Waals surface area contributed by atoms with E-state index in [4.69, 9.17) is 0 Å². The van der Waals surface area contributed by atoms with Crippen LogP contribution < -0.4 is 4.90 Å². The van der Waals surface area contributed by atoms with Crippen molar-refractivity contribution in [2.24, 2.45) is 5.92 Å². The van der Waals surface area contributed by atoms with Gasteiger partial charge < -0.3 is 4.90 Å². The van der Waals surface area contributed by atoms with Gasteiger partial charge in [0, 0.05) is 29.7 Å². The highest BCUT2D eigenvalue weighted by Gasteiger charge is 2.19. The average Bonchev–Trinajstić information content (AvgIpc) is 2.30. The second-order valence-electron chi connectivity index (χ2n) is 4.54. The van der Waals surface area contributed by atoms with Gasteiger partial charge in [0.15, 0.2) is 0 Å². The van der Waals surface area contributed by atoms with Crippen molar-refractivity contribution in [1.82, 2.24) is 0 Å². The molecule has 1 aromatic rings. The molecule has 1 aromatic carbocycles. The van der Waals surface area contributed by atoms with E-state index in [1.807, 2.05) is 6.07 Å². The van der Waals surface area contributed by atoms with E-state index >= 15 is 0 Å². The van der Waals surface area contributed by atoms with Gasteiger partial charge in [-0.3, -0.25) is 0 Å². The largest absolute Gasteiger partial charge is 0.371 e. The Morgan fingerprint density at radius 1 is 1.38 bits per heavy atom. The molecule has 1 fully saturated rings. The van der Waals surface area contributed by atoms with Gasteiger partial charge in [-0.15, -0.1) is 0 Å². The lowest BCUT2D eigenvalue weighted by atomic mass is 9.98. The Bertz CT molecular complexity index is 359. The fraction of sp³-hybridized carbons (Fsp3) is 0.538.